The van der Waals surface area contributed by atoms with Crippen molar-refractivity contribution in [1.29, 1.82) is 0 Å². The van der Waals surface area contributed by atoms with Gasteiger partial charge in [0.1, 0.15) is 5.75 Å². The lowest BCUT2D eigenvalue weighted by Crippen LogP contribution is -2.43. The fourth-order valence-electron chi connectivity index (χ4n) is 2.75. The van der Waals surface area contributed by atoms with Crippen LogP contribution in [-0.2, 0) is 9.59 Å². The Balaban J connectivity index is 1.81. The van der Waals surface area contributed by atoms with Crippen molar-refractivity contribution in [2.24, 2.45) is 5.92 Å². The van der Waals surface area contributed by atoms with Crippen LogP contribution in [0.25, 0.3) is 0 Å². The first-order chi connectivity index (χ1) is 14.3. The van der Waals surface area contributed by atoms with Crippen molar-refractivity contribution in [1.82, 2.24) is 10.9 Å². The van der Waals surface area contributed by atoms with Crippen molar-refractivity contribution in [3.05, 3.63) is 59.7 Å². The molecule has 0 bridgehead atoms. The number of anilines is 1. The number of benzene rings is 2. The van der Waals surface area contributed by atoms with E-state index in [0.29, 0.717) is 23.4 Å². The Morgan fingerprint density at radius 2 is 1.53 bits per heavy atom. The molecule has 0 saturated heterocycles. The normalized spacial score (nSPS) is 10.6. The molecule has 3 amide bonds. The highest BCUT2D eigenvalue weighted by Gasteiger charge is 2.11. The minimum atomic E-state index is -0.473. The SMILES string of the molecule is CC(C)CC(=O)Nc1ccc(C(=O)NNC(=O)COc2ccccc2C(C)C)cc1. The van der Waals surface area contributed by atoms with E-state index in [9.17, 15) is 14.4 Å². The molecule has 0 aliphatic heterocycles. The monoisotopic (exact) mass is 411 g/mol. The molecule has 0 unspecified atom stereocenters. The van der Waals surface area contributed by atoms with Gasteiger partial charge >= 0.3 is 0 Å². The lowest BCUT2D eigenvalue weighted by atomic mass is 10.0. The zero-order valence-electron chi connectivity index (χ0n) is 17.8. The molecule has 7 nitrogen and oxygen atoms in total. The second-order valence-corrected chi connectivity index (χ2v) is 7.71. The van der Waals surface area contributed by atoms with Gasteiger partial charge in [-0.3, -0.25) is 25.2 Å². The standard InChI is InChI=1S/C23H29N3O4/c1-15(2)13-21(27)24-18-11-9-17(10-12-18)23(29)26-25-22(28)14-30-20-8-6-5-7-19(20)16(3)4/h5-12,15-16H,13-14H2,1-4H3,(H,24,27)(H,25,28)(H,26,29). The molecule has 2 aromatic rings. The molecular weight excluding hydrogens is 382 g/mol. The molecule has 7 heteroatoms. The molecule has 0 fully saturated rings. The number of carbonyl (C=O) groups excluding carboxylic acids is 3. The van der Waals surface area contributed by atoms with Gasteiger partial charge in [-0.25, -0.2) is 0 Å². The molecule has 0 aliphatic carbocycles. The highest BCUT2D eigenvalue weighted by molar-refractivity contribution is 5.96. The van der Waals surface area contributed by atoms with E-state index in [1.54, 1.807) is 24.3 Å². The molecule has 160 valence electrons. The second kappa shape index (κ2) is 11.0. The van der Waals surface area contributed by atoms with Gasteiger partial charge in [-0.05, 0) is 47.7 Å². The number of nitrogens with one attached hydrogen (secondary N) is 3. The first kappa shape index (κ1) is 22.9. The molecule has 0 aromatic heterocycles. The van der Waals surface area contributed by atoms with Crippen molar-refractivity contribution < 1.29 is 19.1 Å². The molecule has 0 aliphatic rings. The molecular formula is C23H29N3O4. The van der Waals surface area contributed by atoms with Crippen molar-refractivity contribution in [2.45, 2.75) is 40.0 Å². The van der Waals surface area contributed by atoms with Gasteiger partial charge in [0.15, 0.2) is 6.61 Å². The third kappa shape index (κ3) is 7.24. The maximum atomic E-state index is 12.2. The molecule has 2 aromatic carbocycles. The van der Waals surface area contributed by atoms with Crippen LogP contribution in [0.5, 0.6) is 5.75 Å². The summed E-state index contributed by atoms with van der Waals surface area (Å²) in [6, 6.07) is 13.9. The third-order valence-electron chi connectivity index (χ3n) is 4.24. The Morgan fingerprint density at radius 3 is 2.17 bits per heavy atom. The number of amides is 3. The number of hydrogen-bond acceptors (Lipinski definition) is 4. The fourth-order valence-corrected chi connectivity index (χ4v) is 2.75. The summed E-state index contributed by atoms with van der Waals surface area (Å²) in [4.78, 5) is 36.0. The Labute approximate surface area is 177 Å². The highest BCUT2D eigenvalue weighted by Crippen LogP contribution is 2.25. The minimum Gasteiger partial charge on any atom is -0.483 e. The second-order valence-electron chi connectivity index (χ2n) is 7.71. The molecule has 0 spiro atoms. The summed E-state index contributed by atoms with van der Waals surface area (Å²) >= 11 is 0. The van der Waals surface area contributed by atoms with Crippen LogP contribution < -0.4 is 20.9 Å². The Morgan fingerprint density at radius 1 is 0.867 bits per heavy atom. The maximum Gasteiger partial charge on any atom is 0.276 e. The molecule has 30 heavy (non-hydrogen) atoms. The van der Waals surface area contributed by atoms with Crippen LogP contribution in [0.4, 0.5) is 5.69 Å². The van der Waals surface area contributed by atoms with E-state index in [4.69, 9.17) is 4.74 Å². The van der Waals surface area contributed by atoms with Crippen LogP contribution in [0.2, 0.25) is 0 Å². The van der Waals surface area contributed by atoms with Crippen LogP contribution in [0, 0.1) is 5.92 Å². The van der Waals surface area contributed by atoms with Crippen molar-refractivity contribution in [3.63, 3.8) is 0 Å². The highest BCUT2D eigenvalue weighted by atomic mass is 16.5. The summed E-state index contributed by atoms with van der Waals surface area (Å²) in [5, 5.41) is 2.78. The lowest BCUT2D eigenvalue weighted by Gasteiger charge is -2.14. The largest absolute Gasteiger partial charge is 0.483 e. The third-order valence-corrected chi connectivity index (χ3v) is 4.24. The van der Waals surface area contributed by atoms with E-state index in [1.165, 1.54) is 0 Å². The molecule has 3 N–H and O–H groups in total. The van der Waals surface area contributed by atoms with Gasteiger partial charge in [-0.1, -0.05) is 45.9 Å². The van der Waals surface area contributed by atoms with Crippen molar-refractivity contribution in [2.75, 3.05) is 11.9 Å². The number of rotatable bonds is 8. The van der Waals surface area contributed by atoms with Crippen molar-refractivity contribution >= 4 is 23.4 Å². The fraction of sp³-hybridized carbons (Fsp3) is 0.348. The number of para-hydroxylation sites is 1. The van der Waals surface area contributed by atoms with Gasteiger partial charge in [0.2, 0.25) is 5.91 Å². The summed E-state index contributed by atoms with van der Waals surface area (Å²) in [6.45, 7) is 7.81. The molecule has 0 radical (unpaired) electrons. The quantitative estimate of drug-likeness (QED) is 0.578. The summed E-state index contributed by atoms with van der Waals surface area (Å²) < 4.78 is 5.57. The van der Waals surface area contributed by atoms with Crippen LogP contribution in [0.15, 0.2) is 48.5 Å². The molecule has 2 rings (SSSR count). The van der Waals surface area contributed by atoms with E-state index in [1.807, 2.05) is 52.0 Å². The summed E-state index contributed by atoms with van der Waals surface area (Å²) in [5.41, 5.74) is 6.66. The number of carbonyl (C=O) groups is 3. The zero-order valence-corrected chi connectivity index (χ0v) is 17.8. The number of ether oxygens (including phenoxy) is 1. The van der Waals surface area contributed by atoms with Gasteiger partial charge in [-0.15, -0.1) is 0 Å². The van der Waals surface area contributed by atoms with Gasteiger partial charge in [-0.2, -0.15) is 0 Å². The number of hydrazine groups is 1. The van der Waals surface area contributed by atoms with Gasteiger partial charge in [0.25, 0.3) is 11.8 Å². The topological polar surface area (TPSA) is 96.5 Å². The van der Waals surface area contributed by atoms with Crippen LogP contribution >= 0.6 is 0 Å². The lowest BCUT2D eigenvalue weighted by molar-refractivity contribution is -0.123. The predicted octanol–water partition coefficient (Wildman–Crippen LogP) is 3.63. The van der Waals surface area contributed by atoms with E-state index in [-0.39, 0.29) is 24.3 Å². The number of hydrogen-bond donors (Lipinski definition) is 3. The van der Waals surface area contributed by atoms with Gasteiger partial charge < -0.3 is 10.1 Å². The Bertz CT molecular complexity index is 876. The first-order valence-corrected chi connectivity index (χ1v) is 9.97. The Kier molecular flexibility index (Phi) is 8.41. The smallest absolute Gasteiger partial charge is 0.276 e. The summed E-state index contributed by atoms with van der Waals surface area (Å²) in [7, 11) is 0. The van der Waals surface area contributed by atoms with Crippen LogP contribution in [0.3, 0.4) is 0 Å². The molecule has 0 heterocycles. The Hall–Kier alpha value is -3.35. The molecule has 0 saturated carbocycles. The van der Waals surface area contributed by atoms with E-state index in [2.05, 4.69) is 16.2 Å². The van der Waals surface area contributed by atoms with E-state index < -0.39 is 11.8 Å². The average Bonchev–Trinajstić information content (AvgIpc) is 2.70. The van der Waals surface area contributed by atoms with Crippen molar-refractivity contribution in [3.8, 4) is 5.75 Å². The van der Waals surface area contributed by atoms with Crippen LogP contribution in [-0.4, -0.2) is 24.3 Å². The predicted molar refractivity (Wildman–Crippen MR) is 116 cm³/mol. The zero-order chi connectivity index (χ0) is 22.1. The summed E-state index contributed by atoms with van der Waals surface area (Å²) in [5.74, 6) is 0.159. The maximum absolute atomic E-state index is 12.2. The first-order valence-electron chi connectivity index (χ1n) is 9.97. The van der Waals surface area contributed by atoms with E-state index in [0.717, 1.165) is 5.56 Å². The summed E-state index contributed by atoms with van der Waals surface area (Å²) in [6.07, 6.45) is 0.429. The van der Waals surface area contributed by atoms with Crippen LogP contribution in [0.1, 0.15) is 56.0 Å². The minimum absolute atomic E-state index is 0.0755. The average molecular weight is 412 g/mol. The molecule has 0 atom stereocenters. The van der Waals surface area contributed by atoms with Gasteiger partial charge in [0.05, 0.1) is 0 Å². The van der Waals surface area contributed by atoms with Gasteiger partial charge in [0, 0.05) is 17.7 Å². The van der Waals surface area contributed by atoms with E-state index >= 15 is 0 Å².